The molecule has 5 heteroatoms. The van der Waals surface area contributed by atoms with E-state index >= 15 is 0 Å². The number of carbonyl (C=O) groups is 2. The van der Waals surface area contributed by atoms with Crippen molar-refractivity contribution in [3.63, 3.8) is 0 Å². The molecule has 0 aromatic carbocycles. The number of hydrogen-bond acceptors (Lipinski definition) is 3. The van der Waals surface area contributed by atoms with Crippen molar-refractivity contribution >= 4 is 11.9 Å². The van der Waals surface area contributed by atoms with Crippen LogP contribution >= 0.6 is 0 Å². The largest absolute Gasteiger partial charge is 0.480 e. The average molecular weight is 338 g/mol. The predicted molar refractivity (Wildman–Crippen MR) is 94.8 cm³/mol. The van der Waals surface area contributed by atoms with E-state index in [1.165, 1.54) is 12.8 Å². The molecule has 2 rings (SSSR count). The molecule has 0 aromatic rings. The molecular weight excluding hydrogens is 304 g/mol. The van der Waals surface area contributed by atoms with Gasteiger partial charge in [-0.3, -0.25) is 14.5 Å². The van der Waals surface area contributed by atoms with Gasteiger partial charge in [-0.25, -0.2) is 0 Å². The van der Waals surface area contributed by atoms with Gasteiger partial charge >= 0.3 is 5.97 Å². The molecule has 0 aromatic heterocycles. The van der Waals surface area contributed by atoms with Crippen molar-refractivity contribution in [2.45, 2.75) is 90.3 Å². The highest BCUT2D eigenvalue weighted by molar-refractivity contribution is 5.80. The van der Waals surface area contributed by atoms with Crippen molar-refractivity contribution in [3.05, 3.63) is 0 Å². The molecule has 138 valence electrons. The minimum absolute atomic E-state index is 0.0236. The second-order valence-electron chi connectivity index (χ2n) is 8.17. The molecule has 2 N–H and O–H groups in total. The maximum atomic E-state index is 12.4. The number of likely N-dealkylation sites (tertiary alicyclic amines) is 1. The average Bonchev–Trinajstić information content (AvgIpc) is 2.86. The fourth-order valence-electron chi connectivity index (χ4n) is 4.41. The monoisotopic (exact) mass is 338 g/mol. The van der Waals surface area contributed by atoms with Crippen LogP contribution in [0.25, 0.3) is 0 Å². The lowest BCUT2D eigenvalue weighted by atomic mass is 9.85. The Balaban J connectivity index is 1.85. The molecule has 1 aliphatic carbocycles. The van der Waals surface area contributed by atoms with Crippen molar-refractivity contribution in [1.29, 1.82) is 0 Å². The van der Waals surface area contributed by atoms with Crippen LogP contribution in [-0.2, 0) is 9.59 Å². The van der Waals surface area contributed by atoms with Gasteiger partial charge in [0.05, 0.1) is 6.54 Å². The van der Waals surface area contributed by atoms with Gasteiger partial charge in [-0.05, 0) is 44.4 Å². The number of carboxylic acids is 1. The first-order valence-corrected chi connectivity index (χ1v) is 9.66. The highest BCUT2D eigenvalue weighted by Gasteiger charge is 2.45. The number of carboxylic acid groups (broad SMARTS) is 1. The minimum Gasteiger partial charge on any atom is -0.480 e. The van der Waals surface area contributed by atoms with Gasteiger partial charge in [0, 0.05) is 12.1 Å². The topological polar surface area (TPSA) is 69.6 Å². The molecule has 0 bridgehead atoms. The summed E-state index contributed by atoms with van der Waals surface area (Å²) in [7, 11) is 0. The summed E-state index contributed by atoms with van der Waals surface area (Å²) in [5, 5.41) is 12.6. The van der Waals surface area contributed by atoms with Crippen LogP contribution in [0.3, 0.4) is 0 Å². The first-order chi connectivity index (χ1) is 11.4. The summed E-state index contributed by atoms with van der Waals surface area (Å²) in [6.45, 7) is 6.69. The number of nitrogens with zero attached hydrogens (tertiary/aromatic N) is 1. The molecule has 24 heavy (non-hydrogen) atoms. The fraction of sp³-hybridized carbons (Fsp3) is 0.895. The van der Waals surface area contributed by atoms with Crippen LogP contribution in [0, 0.1) is 11.8 Å². The Labute approximate surface area is 146 Å². The van der Waals surface area contributed by atoms with Gasteiger partial charge < -0.3 is 10.4 Å². The number of nitrogens with one attached hydrogen (secondary N) is 1. The molecule has 2 fully saturated rings. The van der Waals surface area contributed by atoms with E-state index < -0.39 is 12.0 Å². The number of hydrogen-bond donors (Lipinski definition) is 2. The molecule has 1 saturated carbocycles. The molecule has 1 heterocycles. The van der Waals surface area contributed by atoms with Crippen molar-refractivity contribution in [3.8, 4) is 0 Å². The lowest BCUT2D eigenvalue weighted by Gasteiger charge is -2.32. The Morgan fingerprint density at radius 2 is 1.88 bits per heavy atom. The van der Waals surface area contributed by atoms with Crippen LogP contribution < -0.4 is 5.32 Å². The molecular formula is C19H34N2O3. The number of fused-ring (bicyclic) bond motifs is 1. The molecule has 1 amide bonds. The standard InChI is InChI=1S/C19H34N2O3/c1-13(2)7-6-8-14(3)20-18(22)12-21-16-10-5-4-9-15(16)11-17(21)19(23)24/h13-17H,4-12H2,1-3H3,(H,20,22)(H,23,24). The Morgan fingerprint density at radius 3 is 2.54 bits per heavy atom. The van der Waals surface area contributed by atoms with Crippen molar-refractivity contribution < 1.29 is 14.7 Å². The summed E-state index contributed by atoms with van der Waals surface area (Å²) in [5.74, 6) is 0.347. The van der Waals surface area contributed by atoms with Crippen molar-refractivity contribution in [2.75, 3.05) is 6.54 Å². The summed E-state index contributed by atoms with van der Waals surface area (Å²) in [4.78, 5) is 26.0. The highest BCUT2D eigenvalue weighted by atomic mass is 16.4. The molecule has 2 aliphatic rings. The Kier molecular flexibility index (Phi) is 7.08. The fourth-order valence-corrected chi connectivity index (χ4v) is 4.41. The number of rotatable bonds is 8. The predicted octanol–water partition coefficient (Wildman–Crippen LogP) is 3.04. The smallest absolute Gasteiger partial charge is 0.320 e. The van der Waals surface area contributed by atoms with Crippen LogP contribution in [0.2, 0.25) is 0 Å². The molecule has 4 unspecified atom stereocenters. The number of carbonyl (C=O) groups excluding carboxylic acids is 1. The van der Waals surface area contributed by atoms with Gasteiger partial charge in [-0.2, -0.15) is 0 Å². The third kappa shape index (κ3) is 5.20. The van der Waals surface area contributed by atoms with Crippen molar-refractivity contribution in [1.82, 2.24) is 10.2 Å². The second kappa shape index (κ2) is 8.84. The summed E-state index contributed by atoms with van der Waals surface area (Å²) >= 11 is 0. The highest BCUT2D eigenvalue weighted by Crippen LogP contribution is 2.39. The third-order valence-electron chi connectivity index (χ3n) is 5.66. The number of aliphatic carboxylic acids is 1. The number of amides is 1. The van der Waals surface area contributed by atoms with Crippen LogP contribution in [0.4, 0.5) is 0 Å². The Morgan fingerprint density at radius 1 is 1.17 bits per heavy atom. The second-order valence-corrected chi connectivity index (χ2v) is 8.17. The van der Waals surface area contributed by atoms with Crippen LogP contribution in [-0.4, -0.2) is 46.6 Å². The van der Waals surface area contributed by atoms with Gasteiger partial charge in [-0.1, -0.05) is 39.5 Å². The summed E-state index contributed by atoms with van der Waals surface area (Å²) in [6.07, 6.45) is 8.47. The molecule has 1 saturated heterocycles. The Hall–Kier alpha value is -1.10. The van der Waals surface area contributed by atoms with E-state index in [9.17, 15) is 14.7 Å². The van der Waals surface area contributed by atoms with Gasteiger partial charge in [-0.15, -0.1) is 0 Å². The third-order valence-corrected chi connectivity index (χ3v) is 5.66. The van der Waals surface area contributed by atoms with E-state index in [0.717, 1.165) is 32.1 Å². The zero-order chi connectivity index (χ0) is 17.7. The first kappa shape index (κ1) is 19.2. The minimum atomic E-state index is -0.776. The van der Waals surface area contributed by atoms with Gasteiger partial charge in [0.2, 0.25) is 5.91 Å². The summed E-state index contributed by atoms with van der Waals surface area (Å²) < 4.78 is 0. The lowest BCUT2D eigenvalue weighted by Crippen LogP contribution is -2.48. The van der Waals surface area contributed by atoms with E-state index in [0.29, 0.717) is 18.3 Å². The van der Waals surface area contributed by atoms with E-state index in [1.807, 2.05) is 11.8 Å². The molecule has 1 aliphatic heterocycles. The molecule has 5 nitrogen and oxygen atoms in total. The zero-order valence-corrected chi connectivity index (χ0v) is 15.5. The van der Waals surface area contributed by atoms with E-state index in [4.69, 9.17) is 0 Å². The van der Waals surface area contributed by atoms with E-state index in [2.05, 4.69) is 19.2 Å². The van der Waals surface area contributed by atoms with E-state index in [-0.39, 0.29) is 24.5 Å². The molecule has 0 radical (unpaired) electrons. The quantitative estimate of drug-likeness (QED) is 0.714. The first-order valence-electron chi connectivity index (χ1n) is 9.66. The van der Waals surface area contributed by atoms with Crippen LogP contribution in [0.15, 0.2) is 0 Å². The zero-order valence-electron chi connectivity index (χ0n) is 15.5. The Bertz CT molecular complexity index is 438. The summed E-state index contributed by atoms with van der Waals surface area (Å²) in [5.41, 5.74) is 0. The van der Waals surface area contributed by atoms with Crippen LogP contribution in [0.1, 0.15) is 72.1 Å². The summed E-state index contributed by atoms with van der Waals surface area (Å²) in [6, 6.07) is -0.0498. The normalized spacial score (nSPS) is 28.6. The van der Waals surface area contributed by atoms with Crippen molar-refractivity contribution in [2.24, 2.45) is 11.8 Å². The van der Waals surface area contributed by atoms with Gasteiger partial charge in [0.15, 0.2) is 0 Å². The molecule has 4 atom stereocenters. The SMILES string of the molecule is CC(C)CCCC(C)NC(=O)CN1C(C(=O)O)CC2CCCCC21. The van der Waals surface area contributed by atoms with E-state index in [1.54, 1.807) is 0 Å². The van der Waals surface area contributed by atoms with Gasteiger partial charge in [0.25, 0.3) is 0 Å². The molecule has 0 spiro atoms. The van der Waals surface area contributed by atoms with Gasteiger partial charge in [0.1, 0.15) is 6.04 Å². The lowest BCUT2D eigenvalue weighted by molar-refractivity contribution is -0.143. The maximum Gasteiger partial charge on any atom is 0.320 e. The maximum absolute atomic E-state index is 12.4. The van der Waals surface area contributed by atoms with Crippen LogP contribution in [0.5, 0.6) is 0 Å².